The molecule has 2 nitrogen and oxygen atoms in total. The summed E-state index contributed by atoms with van der Waals surface area (Å²) in [6, 6.07) is 16.6. The standard InChI is InChI=1S/C28H41NO/c1-3-4-5-6-7-8-9-10-11-12-13-14-15-25-16-20-27(21-17-25)29-24-26-18-22-28(30-2)23-19-26/h16-24H,3-15H2,1-2H3. The van der Waals surface area contributed by atoms with Crippen LogP contribution < -0.4 is 4.74 Å². The Kier molecular flexibility index (Phi) is 12.7. The molecule has 0 spiro atoms. The predicted octanol–water partition coefficient (Wildman–Crippen LogP) is 8.69. The molecule has 2 heteroatoms. The second-order valence-corrected chi connectivity index (χ2v) is 8.34. The van der Waals surface area contributed by atoms with Gasteiger partial charge < -0.3 is 4.74 Å². The van der Waals surface area contributed by atoms with Crippen LogP contribution in [-0.2, 0) is 6.42 Å². The molecule has 0 unspecified atom stereocenters. The smallest absolute Gasteiger partial charge is 0.118 e. The third-order valence-electron chi connectivity index (χ3n) is 5.73. The van der Waals surface area contributed by atoms with Crippen LogP contribution in [-0.4, -0.2) is 13.3 Å². The number of benzene rings is 2. The van der Waals surface area contributed by atoms with Gasteiger partial charge in [0.05, 0.1) is 12.8 Å². The van der Waals surface area contributed by atoms with Gasteiger partial charge in [-0.2, -0.15) is 0 Å². The van der Waals surface area contributed by atoms with Crippen LogP contribution in [0.1, 0.15) is 95.1 Å². The van der Waals surface area contributed by atoms with Crippen molar-refractivity contribution in [3.63, 3.8) is 0 Å². The van der Waals surface area contributed by atoms with Crippen molar-refractivity contribution in [2.75, 3.05) is 7.11 Å². The minimum Gasteiger partial charge on any atom is -0.497 e. The highest BCUT2D eigenvalue weighted by Crippen LogP contribution is 2.17. The zero-order valence-corrected chi connectivity index (χ0v) is 19.2. The van der Waals surface area contributed by atoms with E-state index in [0.29, 0.717) is 0 Å². The average molecular weight is 408 g/mol. The molecule has 0 heterocycles. The normalized spacial score (nSPS) is 11.3. The highest BCUT2D eigenvalue weighted by Gasteiger charge is 1.97. The summed E-state index contributed by atoms with van der Waals surface area (Å²) in [5.41, 5.74) is 3.51. The molecule has 0 bridgehead atoms. The van der Waals surface area contributed by atoms with Crippen molar-refractivity contribution in [3.8, 4) is 5.75 Å². The molecular formula is C28H41NO. The molecule has 0 radical (unpaired) electrons. The van der Waals surface area contributed by atoms with Crippen LogP contribution in [0.4, 0.5) is 5.69 Å². The number of unbranched alkanes of at least 4 members (excludes halogenated alkanes) is 11. The summed E-state index contributed by atoms with van der Waals surface area (Å²) in [6.45, 7) is 2.29. The molecule has 0 aliphatic rings. The summed E-state index contributed by atoms with van der Waals surface area (Å²) in [5, 5.41) is 0. The molecule has 0 saturated carbocycles. The maximum Gasteiger partial charge on any atom is 0.118 e. The van der Waals surface area contributed by atoms with E-state index >= 15 is 0 Å². The van der Waals surface area contributed by atoms with Crippen molar-refractivity contribution < 1.29 is 4.74 Å². The molecule has 30 heavy (non-hydrogen) atoms. The van der Waals surface area contributed by atoms with Crippen molar-refractivity contribution in [2.24, 2.45) is 4.99 Å². The zero-order valence-electron chi connectivity index (χ0n) is 19.2. The number of aliphatic imine (C=N–C) groups is 1. The highest BCUT2D eigenvalue weighted by atomic mass is 16.5. The largest absolute Gasteiger partial charge is 0.497 e. The number of hydrogen-bond donors (Lipinski definition) is 0. The Morgan fingerprint density at radius 2 is 1.20 bits per heavy atom. The van der Waals surface area contributed by atoms with Gasteiger partial charge in [0, 0.05) is 6.21 Å². The lowest BCUT2D eigenvalue weighted by Gasteiger charge is -2.04. The number of aryl methyl sites for hydroxylation is 1. The van der Waals surface area contributed by atoms with Crippen molar-refractivity contribution in [2.45, 2.75) is 90.4 Å². The van der Waals surface area contributed by atoms with Crippen LogP contribution in [0.15, 0.2) is 53.5 Å². The molecule has 0 atom stereocenters. The SMILES string of the molecule is CCCCCCCCCCCCCCc1ccc(N=Cc2ccc(OC)cc2)cc1. The zero-order chi connectivity index (χ0) is 21.3. The van der Waals surface area contributed by atoms with Crippen LogP contribution in [0.2, 0.25) is 0 Å². The molecule has 2 aromatic rings. The van der Waals surface area contributed by atoms with Crippen LogP contribution >= 0.6 is 0 Å². The summed E-state index contributed by atoms with van der Waals surface area (Å²) < 4.78 is 5.18. The molecule has 0 fully saturated rings. The summed E-state index contributed by atoms with van der Waals surface area (Å²) in [5.74, 6) is 0.870. The van der Waals surface area contributed by atoms with Crippen molar-refractivity contribution >= 4 is 11.9 Å². The third-order valence-corrected chi connectivity index (χ3v) is 5.73. The van der Waals surface area contributed by atoms with Crippen LogP contribution in [0.5, 0.6) is 5.75 Å². The van der Waals surface area contributed by atoms with Gasteiger partial charge in [-0.15, -0.1) is 0 Å². The molecule has 0 aromatic heterocycles. The first-order valence-electron chi connectivity index (χ1n) is 12.1. The number of ether oxygens (including phenoxy) is 1. The number of rotatable bonds is 16. The fourth-order valence-corrected chi connectivity index (χ4v) is 3.76. The average Bonchev–Trinajstić information content (AvgIpc) is 2.79. The number of hydrogen-bond acceptors (Lipinski definition) is 2. The highest BCUT2D eigenvalue weighted by molar-refractivity contribution is 5.82. The summed E-state index contributed by atoms with van der Waals surface area (Å²) >= 11 is 0. The van der Waals surface area contributed by atoms with Crippen molar-refractivity contribution in [1.29, 1.82) is 0 Å². The van der Waals surface area contributed by atoms with Gasteiger partial charge in [-0.25, -0.2) is 0 Å². The van der Waals surface area contributed by atoms with Gasteiger partial charge in [-0.1, -0.05) is 89.7 Å². The van der Waals surface area contributed by atoms with E-state index in [4.69, 9.17) is 4.74 Å². The van der Waals surface area contributed by atoms with Gasteiger partial charge >= 0.3 is 0 Å². The third kappa shape index (κ3) is 10.6. The van der Waals surface area contributed by atoms with Gasteiger partial charge in [-0.3, -0.25) is 4.99 Å². The Bertz CT molecular complexity index is 688. The lowest BCUT2D eigenvalue weighted by molar-refractivity contribution is 0.415. The van der Waals surface area contributed by atoms with E-state index in [0.717, 1.165) is 17.0 Å². The molecule has 2 aromatic carbocycles. The maximum atomic E-state index is 5.18. The molecule has 0 amide bonds. The lowest BCUT2D eigenvalue weighted by atomic mass is 10.0. The molecular weight excluding hydrogens is 366 g/mol. The maximum absolute atomic E-state index is 5.18. The first kappa shape index (κ1) is 24.2. The van der Waals surface area contributed by atoms with E-state index in [2.05, 4.69) is 36.2 Å². The first-order valence-corrected chi connectivity index (χ1v) is 12.1. The second kappa shape index (κ2) is 15.7. The van der Waals surface area contributed by atoms with Crippen LogP contribution in [0.25, 0.3) is 0 Å². The van der Waals surface area contributed by atoms with E-state index in [1.54, 1.807) is 7.11 Å². The molecule has 0 saturated heterocycles. The van der Waals surface area contributed by atoms with Crippen LogP contribution in [0.3, 0.4) is 0 Å². The second-order valence-electron chi connectivity index (χ2n) is 8.34. The molecule has 164 valence electrons. The topological polar surface area (TPSA) is 21.6 Å². The summed E-state index contributed by atoms with van der Waals surface area (Å²) in [7, 11) is 1.68. The van der Waals surface area contributed by atoms with Gasteiger partial charge in [0.1, 0.15) is 5.75 Å². The molecule has 2 rings (SSSR count). The first-order chi connectivity index (χ1) is 14.8. The minimum atomic E-state index is 0.870. The van der Waals surface area contributed by atoms with Gasteiger partial charge in [0.15, 0.2) is 0 Å². The van der Waals surface area contributed by atoms with Gasteiger partial charge in [-0.05, 0) is 60.4 Å². The Hall–Kier alpha value is -2.09. The van der Waals surface area contributed by atoms with E-state index in [9.17, 15) is 0 Å². The fraction of sp³-hybridized carbons (Fsp3) is 0.536. The molecule has 0 aliphatic carbocycles. The Balaban J connectivity index is 1.53. The Labute approximate surface area is 184 Å². The van der Waals surface area contributed by atoms with Crippen molar-refractivity contribution in [1.82, 2.24) is 0 Å². The molecule has 0 aliphatic heterocycles. The minimum absolute atomic E-state index is 0.870. The van der Waals surface area contributed by atoms with E-state index in [1.165, 1.54) is 89.0 Å². The number of nitrogens with zero attached hydrogens (tertiary/aromatic N) is 1. The van der Waals surface area contributed by atoms with Gasteiger partial charge in [0.25, 0.3) is 0 Å². The lowest BCUT2D eigenvalue weighted by Crippen LogP contribution is -1.87. The monoisotopic (exact) mass is 407 g/mol. The quantitative estimate of drug-likeness (QED) is 0.201. The van der Waals surface area contributed by atoms with Crippen molar-refractivity contribution in [3.05, 3.63) is 59.7 Å². The Morgan fingerprint density at radius 1 is 0.667 bits per heavy atom. The Morgan fingerprint density at radius 3 is 1.73 bits per heavy atom. The number of methoxy groups -OCH3 is 1. The van der Waals surface area contributed by atoms with Crippen LogP contribution in [0, 0.1) is 0 Å². The molecule has 0 N–H and O–H groups in total. The van der Waals surface area contributed by atoms with E-state index in [-0.39, 0.29) is 0 Å². The predicted molar refractivity (Wildman–Crippen MR) is 131 cm³/mol. The summed E-state index contributed by atoms with van der Waals surface area (Å²) in [4.78, 5) is 4.57. The summed E-state index contributed by atoms with van der Waals surface area (Å²) in [6.07, 6.45) is 19.9. The fourth-order valence-electron chi connectivity index (χ4n) is 3.76. The van der Waals surface area contributed by atoms with E-state index < -0.39 is 0 Å². The van der Waals surface area contributed by atoms with E-state index in [1.807, 2.05) is 30.5 Å². The van der Waals surface area contributed by atoms with Gasteiger partial charge in [0.2, 0.25) is 0 Å².